The molecule has 1 unspecified atom stereocenters. The number of hydrogen-bond donors (Lipinski definition) is 1. The molecular formula is C12H23N3S. The smallest absolute Gasteiger partial charge is 0.118 e. The number of aromatic nitrogens is 2. The van der Waals surface area contributed by atoms with Gasteiger partial charge in [-0.3, -0.25) is 0 Å². The molecule has 1 rings (SSSR count). The summed E-state index contributed by atoms with van der Waals surface area (Å²) >= 11 is 1.77. The van der Waals surface area contributed by atoms with E-state index in [9.17, 15) is 0 Å². The van der Waals surface area contributed by atoms with Crippen LogP contribution in [0.5, 0.6) is 0 Å². The predicted molar refractivity (Wildman–Crippen MR) is 69.9 cm³/mol. The molecule has 92 valence electrons. The summed E-state index contributed by atoms with van der Waals surface area (Å²) in [5.41, 5.74) is 0. The highest BCUT2D eigenvalue weighted by Crippen LogP contribution is 2.16. The minimum Gasteiger partial charge on any atom is -0.314 e. The van der Waals surface area contributed by atoms with Gasteiger partial charge in [0.1, 0.15) is 10.0 Å². The Morgan fingerprint density at radius 3 is 2.50 bits per heavy atom. The fourth-order valence-electron chi connectivity index (χ4n) is 1.38. The monoisotopic (exact) mass is 241 g/mol. The molecule has 0 radical (unpaired) electrons. The molecular weight excluding hydrogens is 218 g/mol. The molecule has 1 N–H and O–H groups in total. The van der Waals surface area contributed by atoms with E-state index in [0.717, 1.165) is 30.3 Å². The van der Waals surface area contributed by atoms with E-state index in [0.29, 0.717) is 6.04 Å². The van der Waals surface area contributed by atoms with E-state index in [4.69, 9.17) is 0 Å². The summed E-state index contributed by atoms with van der Waals surface area (Å²) < 4.78 is 0. The first-order chi connectivity index (χ1) is 7.61. The molecule has 1 heterocycles. The summed E-state index contributed by atoms with van der Waals surface area (Å²) in [5.74, 6) is 0.717. The summed E-state index contributed by atoms with van der Waals surface area (Å²) in [6, 6.07) is 0.549. The molecule has 1 aromatic heterocycles. The molecule has 1 aromatic rings. The quantitative estimate of drug-likeness (QED) is 0.797. The highest BCUT2D eigenvalue weighted by Gasteiger charge is 2.07. The molecule has 0 fully saturated rings. The average Bonchev–Trinajstić information content (AvgIpc) is 2.65. The van der Waals surface area contributed by atoms with Gasteiger partial charge in [0.15, 0.2) is 0 Å². The maximum atomic E-state index is 4.24. The van der Waals surface area contributed by atoms with Gasteiger partial charge >= 0.3 is 0 Å². The molecule has 16 heavy (non-hydrogen) atoms. The summed E-state index contributed by atoms with van der Waals surface area (Å²) in [7, 11) is 0. The Bertz CT molecular complexity index is 296. The average molecular weight is 241 g/mol. The van der Waals surface area contributed by atoms with E-state index in [1.54, 1.807) is 11.3 Å². The molecule has 0 aliphatic carbocycles. The fourth-order valence-corrected chi connectivity index (χ4v) is 2.39. The number of nitrogens with one attached hydrogen (secondary N) is 1. The molecule has 0 saturated heterocycles. The van der Waals surface area contributed by atoms with Crippen LogP contribution < -0.4 is 5.32 Å². The minimum atomic E-state index is 0.549. The first kappa shape index (κ1) is 13.6. The Hall–Kier alpha value is -0.480. The number of hydrogen-bond acceptors (Lipinski definition) is 4. The van der Waals surface area contributed by atoms with Crippen molar-refractivity contribution >= 4 is 11.3 Å². The maximum absolute atomic E-state index is 4.24. The molecule has 1 atom stereocenters. The van der Waals surface area contributed by atoms with Crippen molar-refractivity contribution in [1.82, 2.24) is 15.5 Å². The van der Waals surface area contributed by atoms with Crippen LogP contribution in [0.2, 0.25) is 0 Å². The zero-order valence-corrected chi connectivity index (χ0v) is 11.6. The van der Waals surface area contributed by atoms with Gasteiger partial charge in [0.05, 0.1) is 0 Å². The SMILES string of the molecule is CCC(C)Cc1nnc(CCNC(C)C)s1. The molecule has 0 amide bonds. The Balaban J connectivity index is 2.33. The molecule has 3 nitrogen and oxygen atoms in total. The van der Waals surface area contributed by atoms with Crippen LogP contribution in [0.4, 0.5) is 0 Å². The van der Waals surface area contributed by atoms with Crippen LogP contribution >= 0.6 is 11.3 Å². The molecule has 4 heteroatoms. The van der Waals surface area contributed by atoms with Crippen LogP contribution in [0.25, 0.3) is 0 Å². The molecule has 0 spiro atoms. The third-order valence-corrected chi connectivity index (χ3v) is 3.63. The first-order valence-corrected chi connectivity index (χ1v) is 6.98. The van der Waals surface area contributed by atoms with Crippen molar-refractivity contribution < 1.29 is 0 Å². The Morgan fingerprint density at radius 2 is 1.88 bits per heavy atom. The lowest BCUT2D eigenvalue weighted by Crippen LogP contribution is -2.24. The van der Waals surface area contributed by atoms with E-state index in [1.165, 1.54) is 11.4 Å². The maximum Gasteiger partial charge on any atom is 0.118 e. The molecule has 0 aromatic carbocycles. The zero-order valence-electron chi connectivity index (χ0n) is 10.8. The summed E-state index contributed by atoms with van der Waals surface area (Å²) in [6.45, 7) is 9.80. The highest BCUT2D eigenvalue weighted by atomic mass is 32.1. The van der Waals surface area contributed by atoms with E-state index in [2.05, 4.69) is 43.2 Å². The fraction of sp³-hybridized carbons (Fsp3) is 0.833. The van der Waals surface area contributed by atoms with Crippen LogP contribution in [0.1, 0.15) is 44.1 Å². The summed E-state index contributed by atoms with van der Waals surface area (Å²) in [5, 5.41) is 14.2. The molecule has 0 saturated carbocycles. The topological polar surface area (TPSA) is 37.8 Å². The second kappa shape index (κ2) is 6.97. The molecule has 0 bridgehead atoms. The van der Waals surface area contributed by atoms with Gasteiger partial charge in [-0.2, -0.15) is 0 Å². The van der Waals surface area contributed by atoms with Gasteiger partial charge in [0.2, 0.25) is 0 Å². The van der Waals surface area contributed by atoms with Crippen LogP contribution in [-0.4, -0.2) is 22.8 Å². The number of rotatable bonds is 7. The Kier molecular flexibility index (Phi) is 5.91. The summed E-state index contributed by atoms with van der Waals surface area (Å²) in [4.78, 5) is 0. The van der Waals surface area contributed by atoms with Crippen LogP contribution in [-0.2, 0) is 12.8 Å². The summed E-state index contributed by atoms with van der Waals surface area (Å²) in [6.07, 6.45) is 3.28. The lowest BCUT2D eigenvalue weighted by atomic mass is 10.1. The lowest BCUT2D eigenvalue weighted by molar-refractivity contribution is 0.556. The van der Waals surface area contributed by atoms with Gasteiger partial charge < -0.3 is 5.32 Å². The van der Waals surface area contributed by atoms with E-state index < -0.39 is 0 Å². The third kappa shape index (κ3) is 5.03. The van der Waals surface area contributed by atoms with Gasteiger partial charge in [0, 0.05) is 25.4 Å². The van der Waals surface area contributed by atoms with Crippen molar-refractivity contribution in [3.63, 3.8) is 0 Å². The third-order valence-electron chi connectivity index (χ3n) is 2.62. The Morgan fingerprint density at radius 1 is 1.19 bits per heavy atom. The second-order valence-corrected chi connectivity index (χ2v) is 5.81. The van der Waals surface area contributed by atoms with E-state index in [1.807, 2.05) is 0 Å². The van der Waals surface area contributed by atoms with Crippen molar-refractivity contribution in [2.45, 2.75) is 53.0 Å². The Labute approximate surface area is 103 Å². The second-order valence-electron chi connectivity index (χ2n) is 4.67. The highest BCUT2D eigenvalue weighted by molar-refractivity contribution is 7.11. The minimum absolute atomic E-state index is 0.549. The van der Waals surface area contributed by atoms with Gasteiger partial charge in [-0.1, -0.05) is 34.1 Å². The van der Waals surface area contributed by atoms with Crippen molar-refractivity contribution in [2.24, 2.45) is 5.92 Å². The molecule has 0 aliphatic heterocycles. The normalized spacial score (nSPS) is 13.3. The standard InChI is InChI=1S/C12H23N3S/c1-5-10(4)8-12-15-14-11(16-12)6-7-13-9(2)3/h9-10,13H,5-8H2,1-4H3. The lowest BCUT2D eigenvalue weighted by Gasteiger charge is -2.05. The van der Waals surface area contributed by atoms with Crippen LogP contribution in [0, 0.1) is 5.92 Å². The largest absolute Gasteiger partial charge is 0.314 e. The predicted octanol–water partition coefficient (Wildman–Crippen LogP) is 2.67. The van der Waals surface area contributed by atoms with E-state index in [-0.39, 0.29) is 0 Å². The van der Waals surface area contributed by atoms with Crippen LogP contribution in [0.3, 0.4) is 0 Å². The van der Waals surface area contributed by atoms with Gasteiger partial charge in [-0.15, -0.1) is 21.5 Å². The van der Waals surface area contributed by atoms with Crippen molar-refractivity contribution in [3.05, 3.63) is 10.0 Å². The van der Waals surface area contributed by atoms with Crippen LogP contribution in [0.15, 0.2) is 0 Å². The number of nitrogens with zero attached hydrogens (tertiary/aromatic N) is 2. The van der Waals surface area contributed by atoms with Crippen molar-refractivity contribution in [1.29, 1.82) is 0 Å². The van der Waals surface area contributed by atoms with Gasteiger partial charge in [-0.05, 0) is 5.92 Å². The van der Waals surface area contributed by atoms with Gasteiger partial charge in [-0.25, -0.2) is 0 Å². The van der Waals surface area contributed by atoms with Crippen molar-refractivity contribution in [3.8, 4) is 0 Å². The van der Waals surface area contributed by atoms with Gasteiger partial charge in [0.25, 0.3) is 0 Å². The van der Waals surface area contributed by atoms with E-state index >= 15 is 0 Å². The molecule has 0 aliphatic rings. The zero-order chi connectivity index (χ0) is 12.0. The first-order valence-electron chi connectivity index (χ1n) is 6.16. The van der Waals surface area contributed by atoms with Crippen molar-refractivity contribution in [2.75, 3.05) is 6.54 Å².